The van der Waals surface area contributed by atoms with Crippen molar-refractivity contribution in [1.82, 2.24) is 4.98 Å². The van der Waals surface area contributed by atoms with Crippen molar-refractivity contribution in [2.45, 2.75) is 52.1 Å². The topological polar surface area (TPSA) is 85.5 Å². The van der Waals surface area contributed by atoms with E-state index in [0.29, 0.717) is 28.9 Å². The molecule has 1 N–H and O–H groups in total. The molecule has 0 unspecified atom stereocenters. The predicted molar refractivity (Wildman–Crippen MR) is 85.9 cm³/mol. The largest absolute Gasteiger partial charge is 0.468 e. The smallest absolute Gasteiger partial charge is 0.355 e. The monoisotopic (exact) mass is 333 g/mol. The summed E-state index contributed by atoms with van der Waals surface area (Å²) in [7, 11) is 1.28. The average Bonchev–Trinajstić information content (AvgIpc) is 3.15. The lowest BCUT2D eigenvalue weighted by molar-refractivity contribution is -0.145. The van der Waals surface area contributed by atoms with Crippen molar-refractivity contribution in [2.24, 2.45) is 11.8 Å². The molecule has 2 aliphatic carbocycles. The first-order valence-electron chi connectivity index (χ1n) is 8.48. The molecule has 1 heterocycles. The van der Waals surface area contributed by atoms with Crippen LogP contribution in [-0.2, 0) is 20.7 Å². The number of methoxy groups -OCH3 is 1. The molecule has 2 atom stereocenters. The first-order valence-corrected chi connectivity index (χ1v) is 8.48. The maximum Gasteiger partial charge on any atom is 0.355 e. The van der Waals surface area contributed by atoms with E-state index in [9.17, 15) is 14.4 Å². The van der Waals surface area contributed by atoms with Crippen LogP contribution in [0.3, 0.4) is 0 Å². The van der Waals surface area contributed by atoms with Crippen LogP contribution in [0.2, 0.25) is 0 Å². The molecule has 6 nitrogen and oxygen atoms in total. The van der Waals surface area contributed by atoms with Crippen LogP contribution in [0.25, 0.3) is 0 Å². The number of ether oxygens (including phenoxy) is 2. The molecule has 3 rings (SSSR count). The van der Waals surface area contributed by atoms with Crippen LogP contribution in [0, 0.1) is 18.8 Å². The van der Waals surface area contributed by atoms with Crippen molar-refractivity contribution in [3.63, 3.8) is 0 Å². The highest BCUT2D eigenvalue weighted by Gasteiger charge is 2.42. The zero-order valence-electron chi connectivity index (χ0n) is 14.3. The molecule has 1 fully saturated rings. The molecule has 0 aliphatic heterocycles. The number of Topliss-reactive ketones (excluding diaryl/α,β-unsaturated/α-hetero) is 1. The number of H-pyrrole nitrogens is 1. The summed E-state index contributed by atoms with van der Waals surface area (Å²) in [6.07, 6.45) is 4.44. The van der Waals surface area contributed by atoms with E-state index in [4.69, 9.17) is 9.47 Å². The van der Waals surface area contributed by atoms with Gasteiger partial charge in [0.1, 0.15) is 17.7 Å². The number of ketones is 1. The molecule has 24 heavy (non-hydrogen) atoms. The average molecular weight is 333 g/mol. The van der Waals surface area contributed by atoms with E-state index in [1.54, 1.807) is 6.92 Å². The van der Waals surface area contributed by atoms with Gasteiger partial charge in [-0.05, 0) is 50.5 Å². The number of fused-ring (bicyclic) bond motifs is 1. The quantitative estimate of drug-likeness (QED) is 0.679. The van der Waals surface area contributed by atoms with Crippen molar-refractivity contribution >= 4 is 17.7 Å². The maximum atomic E-state index is 12.8. The van der Waals surface area contributed by atoms with Gasteiger partial charge < -0.3 is 14.5 Å². The Kier molecular flexibility index (Phi) is 4.47. The SMILES string of the molecule is COC(=O)[C@H]1C(=O)c2c([nH]c(C(=O)OC3CCCC3)c2C)C[C@@H]1C. The normalized spacial score (nSPS) is 23.9. The first kappa shape index (κ1) is 16.7. The second kappa shape index (κ2) is 6.42. The highest BCUT2D eigenvalue weighted by molar-refractivity contribution is 6.12. The van der Waals surface area contributed by atoms with E-state index < -0.39 is 17.9 Å². The lowest BCUT2D eigenvalue weighted by atomic mass is 9.77. The van der Waals surface area contributed by atoms with Gasteiger partial charge in [-0.25, -0.2) is 4.79 Å². The molecule has 0 bridgehead atoms. The predicted octanol–water partition coefficient (Wildman–Crippen LogP) is 2.59. The van der Waals surface area contributed by atoms with Gasteiger partial charge in [-0.2, -0.15) is 0 Å². The Morgan fingerprint density at radius 1 is 1.21 bits per heavy atom. The fourth-order valence-corrected chi connectivity index (χ4v) is 3.89. The highest BCUT2D eigenvalue weighted by Crippen LogP contribution is 2.34. The molecule has 130 valence electrons. The summed E-state index contributed by atoms with van der Waals surface area (Å²) in [6, 6.07) is 0. The maximum absolute atomic E-state index is 12.8. The standard InChI is InChI=1S/C18H23NO5/c1-9-8-12-14(16(20)13(9)17(21)23-3)10(2)15(19-12)18(22)24-11-6-4-5-7-11/h9,11,13,19H,4-8H2,1-3H3/t9-,13+/m0/s1. The molecule has 0 radical (unpaired) electrons. The van der Waals surface area contributed by atoms with Crippen molar-refractivity contribution < 1.29 is 23.9 Å². The number of rotatable bonds is 3. The summed E-state index contributed by atoms with van der Waals surface area (Å²) in [4.78, 5) is 40.2. The molecule has 6 heteroatoms. The third-order valence-electron chi connectivity index (χ3n) is 5.19. The number of hydrogen-bond donors (Lipinski definition) is 1. The van der Waals surface area contributed by atoms with E-state index in [1.807, 2.05) is 6.92 Å². The summed E-state index contributed by atoms with van der Waals surface area (Å²) in [5.74, 6) is -2.19. The number of aromatic nitrogens is 1. The second-order valence-corrected chi connectivity index (χ2v) is 6.84. The summed E-state index contributed by atoms with van der Waals surface area (Å²) in [5, 5.41) is 0. The molecule has 0 spiro atoms. The molecular weight excluding hydrogens is 310 g/mol. The Hall–Kier alpha value is -2.11. The zero-order valence-corrected chi connectivity index (χ0v) is 14.3. The number of carbonyl (C=O) groups is 3. The lowest BCUT2D eigenvalue weighted by Crippen LogP contribution is -2.36. The van der Waals surface area contributed by atoms with Gasteiger partial charge in [0.05, 0.1) is 7.11 Å². The molecule has 1 saturated carbocycles. The minimum Gasteiger partial charge on any atom is -0.468 e. The van der Waals surface area contributed by atoms with Crippen molar-refractivity contribution in [3.05, 3.63) is 22.5 Å². The van der Waals surface area contributed by atoms with Crippen LogP contribution in [0.15, 0.2) is 0 Å². The number of hydrogen-bond acceptors (Lipinski definition) is 5. The fourth-order valence-electron chi connectivity index (χ4n) is 3.89. The second-order valence-electron chi connectivity index (χ2n) is 6.84. The first-order chi connectivity index (χ1) is 11.4. The molecule has 1 aromatic heterocycles. The van der Waals surface area contributed by atoms with Crippen LogP contribution < -0.4 is 0 Å². The summed E-state index contributed by atoms with van der Waals surface area (Å²) >= 11 is 0. The van der Waals surface area contributed by atoms with Crippen LogP contribution in [0.4, 0.5) is 0 Å². The highest BCUT2D eigenvalue weighted by atomic mass is 16.5. The minimum absolute atomic E-state index is 0.0327. The van der Waals surface area contributed by atoms with Crippen molar-refractivity contribution in [3.8, 4) is 0 Å². The number of aromatic amines is 1. The van der Waals surface area contributed by atoms with Gasteiger partial charge in [0.2, 0.25) is 0 Å². The summed E-state index contributed by atoms with van der Waals surface area (Å²) < 4.78 is 10.3. The number of esters is 2. The van der Waals surface area contributed by atoms with Gasteiger partial charge in [-0.1, -0.05) is 6.92 Å². The van der Waals surface area contributed by atoms with Gasteiger partial charge in [0.15, 0.2) is 5.78 Å². The lowest BCUT2D eigenvalue weighted by Gasteiger charge is -2.25. The molecule has 0 aromatic carbocycles. The Balaban J connectivity index is 1.89. The van der Waals surface area contributed by atoms with E-state index in [-0.39, 0.29) is 17.8 Å². The van der Waals surface area contributed by atoms with E-state index in [0.717, 1.165) is 25.7 Å². The van der Waals surface area contributed by atoms with E-state index in [2.05, 4.69) is 4.98 Å². The number of nitrogens with one attached hydrogen (secondary N) is 1. The summed E-state index contributed by atoms with van der Waals surface area (Å²) in [5.41, 5.74) is 2.06. The Bertz CT molecular complexity index is 684. The summed E-state index contributed by atoms with van der Waals surface area (Å²) in [6.45, 7) is 3.57. The Morgan fingerprint density at radius 3 is 2.50 bits per heavy atom. The van der Waals surface area contributed by atoms with Crippen molar-refractivity contribution in [1.29, 1.82) is 0 Å². The van der Waals surface area contributed by atoms with Crippen LogP contribution in [0.5, 0.6) is 0 Å². The molecule has 2 aliphatic rings. The van der Waals surface area contributed by atoms with Crippen LogP contribution >= 0.6 is 0 Å². The molecule has 1 aromatic rings. The van der Waals surface area contributed by atoms with Gasteiger partial charge in [0.25, 0.3) is 0 Å². The fraction of sp³-hybridized carbons (Fsp3) is 0.611. The van der Waals surface area contributed by atoms with E-state index >= 15 is 0 Å². The molecular formula is C18H23NO5. The third kappa shape index (κ3) is 2.74. The third-order valence-corrected chi connectivity index (χ3v) is 5.19. The van der Waals surface area contributed by atoms with Gasteiger partial charge in [0, 0.05) is 11.3 Å². The van der Waals surface area contributed by atoms with Gasteiger partial charge in [-0.3, -0.25) is 9.59 Å². The zero-order chi connectivity index (χ0) is 17.4. The van der Waals surface area contributed by atoms with Crippen LogP contribution in [0.1, 0.15) is 64.7 Å². The molecule has 0 saturated heterocycles. The van der Waals surface area contributed by atoms with Crippen molar-refractivity contribution in [2.75, 3.05) is 7.11 Å². The van der Waals surface area contributed by atoms with Crippen LogP contribution in [-0.4, -0.2) is 35.9 Å². The van der Waals surface area contributed by atoms with E-state index in [1.165, 1.54) is 7.11 Å². The minimum atomic E-state index is -0.810. The van der Waals surface area contributed by atoms with Gasteiger partial charge in [-0.15, -0.1) is 0 Å². The Labute approximate surface area is 140 Å². The molecule has 0 amide bonds. The Morgan fingerprint density at radius 2 is 1.88 bits per heavy atom. The number of carbonyl (C=O) groups excluding carboxylic acids is 3. The van der Waals surface area contributed by atoms with Gasteiger partial charge >= 0.3 is 11.9 Å².